The van der Waals surface area contributed by atoms with Gasteiger partial charge in [0.2, 0.25) is 0 Å². The molecule has 0 atom stereocenters. The molecule has 0 fully saturated rings. The number of hydrogen-bond donors (Lipinski definition) is 1. The topological polar surface area (TPSA) is 36.7 Å². The van der Waals surface area contributed by atoms with E-state index in [4.69, 9.17) is 11.8 Å². The Morgan fingerprint density at radius 3 is 2.93 bits per heavy atom. The molecule has 0 spiro atoms. The number of aromatic nitrogens is 1. The quantitative estimate of drug-likeness (QED) is 0.556. The van der Waals surface area contributed by atoms with Gasteiger partial charge in [0.05, 0.1) is 0 Å². The smallest absolute Gasteiger partial charge is 0.0445 e. The van der Waals surface area contributed by atoms with Gasteiger partial charge in [0, 0.05) is 23.2 Å². The molecular weight excluding hydrogens is 172 g/mol. The molecule has 0 saturated carbocycles. The molecule has 0 saturated heterocycles. The van der Waals surface area contributed by atoms with Gasteiger partial charge in [-0.1, -0.05) is 12.0 Å². The first-order valence-electron chi connectivity index (χ1n) is 4.30. The van der Waals surface area contributed by atoms with Crippen LogP contribution < -0.4 is 0 Å². The molecule has 1 aromatic heterocycles. The maximum absolute atomic E-state index is 7.27. The molecule has 0 radical (unpaired) electrons. The molecule has 0 aliphatic rings. The van der Waals surface area contributed by atoms with E-state index in [-0.39, 0.29) is 0 Å². The van der Waals surface area contributed by atoms with E-state index in [1.807, 2.05) is 19.1 Å². The summed E-state index contributed by atoms with van der Waals surface area (Å²) in [4.78, 5) is 4.16. The van der Waals surface area contributed by atoms with Crippen LogP contribution in [0.2, 0.25) is 0 Å². The van der Waals surface area contributed by atoms with Crippen LogP contribution in [0.3, 0.4) is 0 Å². The Morgan fingerprint density at radius 2 is 2.36 bits per heavy atom. The fourth-order valence-corrected chi connectivity index (χ4v) is 1.01. The minimum absolute atomic E-state index is 0.510. The number of pyridine rings is 1. The molecule has 1 heterocycles. The summed E-state index contributed by atoms with van der Waals surface area (Å²) in [5, 5.41) is 7.27. The first kappa shape index (κ1) is 10.2. The van der Waals surface area contributed by atoms with Gasteiger partial charge < -0.3 is 5.41 Å². The number of hydrogen-bond acceptors (Lipinski definition) is 2. The summed E-state index contributed by atoms with van der Waals surface area (Å²) in [6.45, 7) is 3.64. The van der Waals surface area contributed by atoms with Crippen molar-refractivity contribution in [1.29, 1.82) is 5.41 Å². The van der Waals surface area contributed by atoms with Crippen molar-refractivity contribution in [1.82, 2.24) is 4.98 Å². The van der Waals surface area contributed by atoms with E-state index >= 15 is 0 Å². The molecule has 1 aromatic rings. The summed E-state index contributed by atoms with van der Waals surface area (Å²) in [5.41, 5.74) is 3.15. The first-order valence-corrected chi connectivity index (χ1v) is 4.30. The summed E-state index contributed by atoms with van der Waals surface area (Å²) in [6, 6.07) is 1.89. The average Bonchev–Trinajstić information content (AvgIpc) is 2.16. The number of aryl methyl sites for hydroxylation is 1. The van der Waals surface area contributed by atoms with Crippen molar-refractivity contribution in [2.45, 2.75) is 13.8 Å². The minimum atomic E-state index is 0.510. The molecule has 70 valence electrons. The van der Waals surface area contributed by atoms with Crippen molar-refractivity contribution in [3.8, 4) is 12.3 Å². The Labute approximate surface area is 84.2 Å². The van der Waals surface area contributed by atoms with E-state index < -0.39 is 0 Å². The number of nitrogens with zero attached hydrogens (tertiary/aromatic N) is 1. The fourth-order valence-electron chi connectivity index (χ4n) is 1.01. The van der Waals surface area contributed by atoms with Crippen LogP contribution in [0.5, 0.6) is 0 Å². The van der Waals surface area contributed by atoms with Crippen molar-refractivity contribution < 1.29 is 0 Å². The standard InChI is InChI=1S/C12H12N2/c1-4-11-7-12(6-5-9(2)13)10(3)14-8-11/h1,5-8,13H,2-3H3. The Kier molecular flexibility index (Phi) is 3.19. The van der Waals surface area contributed by atoms with Gasteiger partial charge in [-0.25, -0.2) is 0 Å². The third-order valence-corrected chi connectivity index (χ3v) is 1.81. The summed E-state index contributed by atoms with van der Waals surface area (Å²) >= 11 is 0. The SMILES string of the molecule is C#Cc1cnc(C)c(C=CC(C)=N)c1. The molecule has 0 bridgehead atoms. The molecule has 1 N–H and O–H groups in total. The molecule has 0 unspecified atom stereocenters. The van der Waals surface area contributed by atoms with Gasteiger partial charge in [-0.2, -0.15) is 0 Å². The Morgan fingerprint density at radius 1 is 1.64 bits per heavy atom. The molecule has 2 heteroatoms. The lowest BCUT2D eigenvalue weighted by atomic mass is 10.1. The predicted molar refractivity (Wildman–Crippen MR) is 59.3 cm³/mol. The van der Waals surface area contributed by atoms with Crippen molar-refractivity contribution >= 4 is 11.8 Å². The van der Waals surface area contributed by atoms with Gasteiger partial charge in [0.25, 0.3) is 0 Å². The van der Waals surface area contributed by atoms with E-state index in [9.17, 15) is 0 Å². The van der Waals surface area contributed by atoms with Crippen LogP contribution in [0.25, 0.3) is 6.08 Å². The van der Waals surface area contributed by atoms with Crippen molar-refractivity contribution in [3.63, 3.8) is 0 Å². The zero-order chi connectivity index (χ0) is 10.6. The van der Waals surface area contributed by atoms with Crippen molar-refractivity contribution in [2.75, 3.05) is 0 Å². The number of allylic oxidation sites excluding steroid dienone is 1. The Hall–Kier alpha value is -1.88. The summed E-state index contributed by atoms with van der Waals surface area (Å²) in [7, 11) is 0. The van der Waals surface area contributed by atoms with Crippen molar-refractivity contribution in [2.24, 2.45) is 0 Å². The normalized spacial score (nSPS) is 10.1. The fraction of sp³-hybridized carbons (Fsp3) is 0.167. The molecule has 1 rings (SSSR count). The second-order valence-corrected chi connectivity index (χ2v) is 3.06. The van der Waals surface area contributed by atoms with E-state index in [1.54, 1.807) is 19.2 Å². The average molecular weight is 184 g/mol. The van der Waals surface area contributed by atoms with Crippen LogP contribution in [0.4, 0.5) is 0 Å². The monoisotopic (exact) mass is 184 g/mol. The number of terminal acetylenes is 1. The number of nitrogens with one attached hydrogen (secondary N) is 1. The van der Waals surface area contributed by atoms with E-state index in [1.165, 1.54) is 0 Å². The van der Waals surface area contributed by atoms with Gasteiger partial charge in [-0.05, 0) is 31.6 Å². The molecule has 0 aliphatic carbocycles. The lowest BCUT2D eigenvalue weighted by Crippen LogP contribution is -1.89. The summed E-state index contributed by atoms with van der Waals surface area (Å²) in [5.74, 6) is 2.53. The maximum atomic E-state index is 7.27. The summed E-state index contributed by atoms with van der Waals surface area (Å²) < 4.78 is 0. The van der Waals surface area contributed by atoms with Gasteiger partial charge in [-0.15, -0.1) is 6.42 Å². The second-order valence-electron chi connectivity index (χ2n) is 3.06. The zero-order valence-electron chi connectivity index (χ0n) is 8.33. The van der Waals surface area contributed by atoms with Crippen LogP contribution in [0, 0.1) is 24.7 Å². The Bertz CT molecular complexity index is 422. The predicted octanol–water partition coefficient (Wildman–Crippen LogP) is 2.42. The van der Waals surface area contributed by atoms with Gasteiger partial charge in [-0.3, -0.25) is 4.98 Å². The molecular formula is C12H12N2. The highest BCUT2D eigenvalue weighted by Gasteiger charge is 1.96. The maximum Gasteiger partial charge on any atom is 0.0445 e. The number of rotatable bonds is 2. The highest BCUT2D eigenvalue weighted by molar-refractivity contribution is 5.93. The van der Waals surface area contributed by atoms with Gasteiger partial charge >= 0.3 is 0 Å². The molecule has 0 aliphatic heterocycles. The van der Waals surface area contributed by atoms with Crippen LogP contribution >= 0.6 is 0 Å². The molecule has 2 nitrogen and oxygen atoms in total. The van der Waals surface area contributed by atoms with E-state index in [0.717, 1.165) is 16.8 Å². The van der Waals surface area contributed by atoms with Crippen molar-refractivity contribution in [3.05, 3.63) is 35.2 Å². The molecule has 0 aromatic carbocycles. The van der Waals surface area contributed by atoms with Crippen LogP contribution in [-0.4, -0.2) is 10.7 Å². The van der Waals surface area contributed by atoms with Crippen LogP contribution in [0.1, 0.15) is 23.7 Å². The zero-order valence-corrected chi connectivity index (χ0v) is 8.33. The van der Waals surface area contributed by atoms with Gasteiger partial charge in [0.1, 0.15) is 0 Å². The molecule has 0 amide bonds. The largest absolute Gasteiger partial charge is 0.306 e. The van der Waals surface area contributed by atoms with E-state index in [2.05, 4.69) is 10.9 Å². The minimum Gasteiger partial charge on any atom is -0.306 e. The highest BCUT2D eigenvalue weighted by atomic mass is 14.7. The molecule has 14 heavy (non-hydrogen) atoms. The van der Waals surface area contributed by atoms with Crippen LogP contribution in [-0.2, 0) is 0 Å². The lowest BCUT2D eigenvalue weighted by molar-refractivity contribution is 1.18. The Balaban J connectivity index is 3.08. The van der Waals surface area contributed by atoms with E-state index in [0.29, 0.717) is 5.71 Å². The third kappa shape index (κ3) is 2.56. The second kappa shape index (κ2) is 4.38. The first-order chi connectivity index (χ1) is 6.63. The highest BCUT2D eigenvalue weighted by Crippen LogP contribution is 2.09. The summed E-state index contributed by atoms with van der Waals surface area (Å²) in [6.07, 6.45) is 10.5. The lowest BCUT2D eigenvalue weighted by Gasteiger charge is -1.99. The van der Waals surface area contributed by atoms with Crippen LogP contribution in [0.15, 0.2) is 18.3 Å². The van der Waals surface area contributed by atoms with Gasteiger partial charge in [0.15, 0.2) is 0 Å². The third-order valence-electron chi connectivity index (χ3n) is 1.81.